The minimum Gasteiger partial charge on any atom is -0.493 e. The van der Waals surface area contributed by atoms with Crippen molar-refractivity contribution in [2.45, 2.75) is 25.3 Å². The van der Waals surface area contributed by atoms with Crippen molar-refractivity contribution < 1.29 is 14.3 Å². The Bertz CT molecular complexity index is 1290. The maximum absolute atomic E-state index is 13.3. The Morgan fingerprint density at radius 1 is 1.09 bits per heavy atom. The number of aromatic nitrogens is 4. The Balaban J connectivity index is 1.29. The van der Waals surface area contributed by atoms with Gasteiger partial charge in [-0.15, -0.1) is 0 Å². The number of piperidine rings is 1. The molecule has 4 aromatic rings. The number of ether oxygens (including phenoxy) is 2. The van der Waals surface area contributed by atoms with Crippen molar-refractivity contribution in [3.05, 3.63) is 96.5 Å². The molecule has 0 N–H and O–H groups in total. The number of hydrogen-bond acceptors (Lipinski definition) is 6. The van der Waals surface area contributed by atoms with Crippen LogP contribution in [0.15, 0.2) is 79.6 Å². The number of benzene rings is 2. The maximum atomic E-state index is 13.3. The highest BCUT2D eigenvalue weighted by atomic mass is 16.5. The van der Waals surface area contributed by atoms with Gasteiger partial charge < -0.3 is 18.9 Å². The average Bonchev–Trinajstić information content (AvgIpc) is 3.42. The molecule has 0 bridgehead atoms. The van der Waals surface area contributed by atoms with Gasteiger partial charge in [-0.25, -0.2) is 9.97 Å². The molecule has 35 heavy (non-hydrogen) atoms. The summed E-state index contributed by atoms with van der Waals surface area (Å²) >= 11 is 0. The van der Waals surface area contributed by atoms with E-state index in [2.05, 4.69) is 9.97 Å². The third-order valence-electron chi connectivity index (χ3n) is 6.14. The van der Waals surface area contributed by atoms with Crippen LogP contribution in [0.2, 0.25) is 0 Å². The maximum Gasteiger partial charge on any atom is 0.253 e. The second kappa shape index (κ2) is 10.4. The first-order valence-corrected chi connectivity index (χ1v) is 11.7. The van der Waals surface area contributed by atoms with Crippen LogP contribution in [0.5, 0.6) is 17.4 Å². The van der Waals surface area contributed by atoms with Crippen molar-refractivity contribution in [3.63, 3.8) is 0 Å². The summed E-state index contributed by atoms with van der Waals surface area (Å²) < 4.78 is 13.3. The van der Waals surface area contributed by atoms with Crippen LogP contribution in [0.4, 0.5) is 0 Å². The number of carbonyl (C=O) groups excluding carboxylic acids is 1. The minimum absolute atomic E-state index is 0.0385. The van der Waals surface area contributed by atoms with Crippen molar-refractivity contribution >= 4 is 5.91 Å². The van der Waals surface area contributed by atoms with Crippen LogP contribution >= 0.6 is 0 Å². The van der Waals surface area contributed by atoms with Crippen LogP contribution in [0.3, 0.4) is 0 Å². The van der Waals surface area contributed by atoms with Crippen molar-refractivity contribution in [2.75, 3.05) is 20.2 Å². The lowest BCUT2D eigenvalue weighted by molar-refractivity contribution is 0.0705. The number of rotatable bonds is 7. The number of amides is 1. The Morgan fingerprint density at radius 2 is 1.97 bits per heavy atom. The Hall–Kier alpha value is -4.20. The molecule has 1 aliphatic rings. The number of methoxy groups -OCH3 is 1. The molecular weight excluding hydrogens is 442 g/mol. The molecule has 2 aromatic carbocycles. The molecule has 0 saturated carbocycles. The van der Waals surface area contributed by atoms with Gasteiger partial charge in [0, 0.05) is 49.7 Å². The summed E-state index contributed by atoms with van der Waals surface area (Å²) in [5, 5.41) is 0. The Kier molecular flexibility index (Phi) is 6.70. The Labute approximate surface area is 204 Å². The fourth-order valence-electron chi connectivity index (χ4n) is 4.40. The Morgan fingerprint density at radius 3 is 2.80 bits per heavy atom. The molecule has 8 heteroatoms. The van der Waals surface area contributed by atoms with Crippen molar-refractivity contribution in [3.8, 4) is 17.4 Å². The van der Waals surface area contributed by atoms with Crippen LogP contribution in [0.1, 0.15) is 40.4 Å². The lowest BCUT2D eigenvalue weighted by atomic mass is 9.94. The summed E-state index contributed by atoms with van der Waals surface area (Å²) in [6, 6.07) is 15.2. The van der Waals surface area contributed by atoms with Gasteiger partial charge in [0.2, 0.25) is 5.88 Å². The molecule has 1 atom stereocenters. The fraction of sp³-hybridized carbons (Fsp3) is 0.259. The van der Waals surface area contributed by atoms with E-state index in [1.54, 1.807) is 32.0 Å². The van der Waals surface area contributed by atoms with Crippen LogP contribution in [0.25, 0.3) is 0 Å². The molecule has 1 fully saturated rings. The standard InChI is InChI=1S/C27H27N5O3/c1-34-24-9-2-3-10-25(24)35-26-16-29-15-23(30-26)22-8-5-12-32(18-22)27(33)21-7-4-6-20(14-21)17-31-13-11-28-19-31/h2-4,6-7,9-11,13-16,19,22H,5,8,12,17-18H2,1H3. The quantitative estimate of drug-likeness (QED) is 0.395. The lowest BCUT2D eigenvalue weighted by Gasteiger charge is -2.32. The van der Waals surface area contributed by atoms with Crippen molar-refractivity contribution in [1.29, 1.82) is 0 Å². The minimum atomic E-state index is 0.0385. The van der Waals surface area contributed by atoms with E-state index < -0.39 is 0 Å². The van der Waals surface area contributed by atoms with Crippen LogP contribution in [-0.2, 0) is 6.54 Å². The van der Waals surface area contributed by atoms with Gasteiger partial charge >= 0.3 is 0 Å². The molecule has 1 aliphatic heterocycles. The SMILES string of the molecule is COc1ccccc1Oc1cncc(C2CCCN(C(=O)c3cccc(Cn4ccnc4)c3)C2)n1. The van der Waals surface area contributed by atoms with E-state index in [4.69, 9.17) is 14.5 Å². The summed E-state index contributed by atoms with van der Waals surface area (Å²) in [5.74, 6) is 1.75. The number of nitrogens with zero attached hydrogens (tertiary/aromatic N) is 5. The smallest absolute Gasteiger partial charge is 0.253 e. The van der Waals surface area contributed by atoms with Gasteiger partial charge in [0.15, 0.2) is 11.5 Å². The van der Waals surface area contributed by atoms with Gasteiger partial charge in [0.25, 0.3) is 5.91 Å². The molecule has 5 rings (SSSR count). The topological polar surface area (TPSA) is 82.4 Å². The number of imidazole rings is 1. The van der Waals surface area contributed by atoms with E-state index in [1.165, 1.54) is 0 Å². The van der Waals surface area contributed by atoms with E-state index in [-0.39, 0.29) is 11.8 Å². The molecule has 178 valence electrons. The zero-order chi connectivity index (χ0) is 24.0. The number of para-hydroxylation sites is 2. The second-order valence-corrected chi connectivity index (χ2v) is 8.56. The van der Waals surface area contributed by atoms with Gasteiger partial charge in [-0.05, 0) is 42.7 Å². The van der Waals surface area contributed by atoms with Gasteiger partial charge in [-0.1, -0.05) is 24.3 Å². The van der Waals surface area contributed by atoms with E-state index in [1.807, 2.05) is 64.2 Å². The highest BCUT2D eigenvalue weighted by Crippen LogP contribution is 2.32. The average molecular weight is 470 g/mol. The summed E-state index contributed by atoms with van der Waals surface area (Å²) in [6.07, 6.45) is 10.6. The third kappa shape index (κ3) is 5.32. The number of carbonyl (C=O) groups is 1. The van der Waals surface area contributed by atoms with Gasteiger partial charge in [0.1, 0.15) is 0 Å². The zero-order valence-electron chi connectivity index (χ0n) is 19.6. The van der Waals surface area contributed by atoms with Crippen LogP contribution < -0.4 is 9.47 Å². The molecule has 8 nitrogen and oxygen atoms in total. The highest BCUT2D eigenvalue weighted by Gasteiger charge is 2.27. The van der Waals surface area contributed by atoms with Gasteiger partial charge in [-0.2, -0.15) is 0 Å². The van der Waals surface area contributed by atoms with Gasteiger partial charge in [0.05, 0.1) is 25.3 Å². The first-order chi connectivity index (χ1) is 17.2. The third-order valence-corrected chi connectivity index (χ3v) is 6.14. The number of hydrogen-bond donors (Lipinski definition) is 0. The number of likely N-dealkylation sites (tertiary alicyclic amines) is 1. The summed E-state index contributed by atoms with van der Waals surface area (Å²) in [6.45, 7) is 2.00. The second-order valence-electron chi connectivity index (χ2n) is 8.56. The lowest BCUT2D eigenvalue weighted by Crippen LogP contribution is -2.39. The highest BCUT2D eigenvalue weighted by molar-refractivity contribution is 5.94. The summed E-state index contributed by atoms with van der Waals surface area (Å²) in [4.78, 5) is 28.4. The molecule has 1 amide bonds. The van der Waals surface area contributed by atoms with E-state index in [0.717, 1.165) is 30.6 Å². The predicted octanol–water partition coefficient (Wildman–Crippen LogP) is 4.54. The fourth-order valence-corrected chi connectivity index (χ4v) is 4.40. The van der Waals surface area contributed by atoms with E-state index in [0.29, 0.717) is 36.0 Å². The summed E-state index contributed by atoms with van der Waals surface area (Å²) in [5.41, 5.74) is 2.58. The normalized spacial score (nSPS) is 15.6. The largest absolute Gasteiger partial charge is 0.493 e. The first-order valence-electron chi connectivity index (χ1n) is 11.7. The van der Waals surface area contributed by atoms with E-state index >= 15 is 0 Å². The molecule has 1 saturated heterocycles. The van der Waals surface area contributed by atoms with Crippen molar-refractivity contribution in [2.24, 2.45) is 0 Å². The summed E-state index contributed by atoms with van der Waals surface area (Å²) in [7, 11) is 1.60. The van der Waals surface area contributed by atoms with Crippen molar-refractivity contribution in [1.82, 2.24) is 24.4 Å². The molecule has 0 radical (unpaired) electrons. The van der Waals surface area contributed by atoms with Crippen LogP contribution in [0, 0.1) is 0 Å². The first kappa shape index (κ1) is 22.6. The van der Waals surface area contributed by atoms with Crippen LogP contribution in [-0.4, -0.2) is 50.5 Å². The predicted molar refractivity (Wildman–Crippen MR) is 131 cm³/mol. The zero-order valence-corrected chi connectivity index (χ0v) is 19.6. The molecule has 1 unspecified atom stereocenters. The molecule has 2 aromatic heterocycles. The monoisotopic (exact) mass is 469 g/mol. The van der Waals surface area contributed by atoms with E-state index in [9.17, 15) is 4.79 Å². The molecule has 0 spiro atoms. The van der Waals surface area contributed by atoms with Gasteiger partial charge in [-0.3, -0.25) is 9.78 Å². The molecular formula is C27H27N5O3. The molecule has 0 aliphatic carbocycles. The molecule has 3 heterocycles.